The van der Waals surface area contributed by atoms with Crippen molar-refractivity contribution in [3.8, 4) is 0 Å². The SMILES string of the molecule is CC(=O)c1cccc(NC(=O)Cn2ncc(=O)c3ccccc32)c1. The van der Waals surface area contributed by atoms with E-state index in [1.165, 1.54) is 17.8 Å². The lowest BCUT2D eigenvalue weighted by Gasteiger charge is -2.10. The quantitative estimate of drug-likeness (QED) is 0.747. The molecular weight excluding hydrogens is 306 g/mol. The second kappa shape index (κ2) is 6.45. The number of anilines is 1. The average Bonchev–Trinajstić information content (AvgIpc) is 2.58. The molecule has 3 aromatic rings. The van der Waals surface area contributed by atoms with Gasteiger partial charge in [-0.25, -0.2) is 0 Å². The Hall–Kier alpha value is -3.28. The van der Waals surface area contributed by atoms with Gasteiger partial charge in [-0.15, -0.1) is 0 Å². The Morgan fingerprint density at radius 3 is 2.71 bits per heavy atom. The van der Waals surface area contributed by atoms with Crippen molar-refractivity contribution >= 4 is 28.3 Å². The maximum atomic E-state index is 12.3. The molecule has 0 aliphatic heterocycles. The van der Waals surface area contributed by atoms with Gasteiger partial charge in [-0.05, 0) is 31.2 Å². The lowest BCUT2D eigenvalue weighted by Crippen LogP contribution is -2.22. The summed E-state index contributed by atoms with van der Waals surface area (Å²) in [5, 5.41) is 7.27. The highest BCUT2D eigenvalue weighted by atomic mass is 16.2. The van der Waals surface area contributed by atoms with Crippen LogP contribution in [0.4, 0.5) is 5.69 Å². The molecule has 1 N–H and O–H groups in total. The van der Waals surface area contributed by atoms with Crippen molar-refractivity contribution in [1.82, 2.24) is 9.78 Å². The predicted octanol–water partition coefficient (Wildman–Crippen LogP) is 2.24. The molecule has 3 rings (SSSR count). The number of para-hydroxylation sites is 1. The number of ketones is 1. The van der Waals surface area contributed by atoms with Crippen LogP contribution in [0.1, 0.15) is 17.3 Å². The van der Waals surface area contributed by atoms with E-state index in [1.54, 1.807) is 48.5 Å². The van der Waals surface area contributed by atoms with Gasteiger partial charge in [0, 0.05) is 16.6 Å². The number of nitrogens with zero attached hydrogens (tertiary/aromatic N) is 2. The van der Waals surface area contributed by atoms with E-state index < -0.39 is 0 Å². The summed E-state index contributed by atoms with van der Waals surface area (Å²) >= 11 is 0. The van der Waals surface area contributed by atoms with Gasteiger partial charge in [0.05, 0.1) is 11.7 Å². The number of Topliss-reactive ketones (excluding diaryl/α,β-unsaturated/α-hetero) is 1. The number of fused-ring (bicyclic) bond motifs is 1. The molecule has 0 spiro atoms. The van der Waals surface area contributed by atoms with Crippen molar-refractivity contribution in [2.45, 2.75) is 13.5 Å². The van der Waals surface area contributed by atoms with Crippen LogP contribution in [0.3, 0.4) is 0 Å². The molecule has 0 bridgehead atoms. The van der Waals surface area contributed by atoms with E-state index in [4.69, 9.17) is 0 Å². The smallest absolute Gasteiger partial charge is 0.246 e. The molecule has 6 heteroatoms. The molecule has 0 saturated heterocycles. The first kappa shape index (κ1) is 15.6. The maximum Gasteiger partial charge on any atom is 0.246 e. The van der Waals surface area contributed by atoms with Gasteiger partial charge in [0.1, 0.15) is 6.54 Å². The van der Waals surface area contributed by atoms with Gasteiger partial charge in [0.15, 0.2) is 5.78 Å². The second-order valence-electron chi connectivity index (χ2n) is 5.37. The summed E-state index contributed by atoms with van der Waals surface area (Å²) in [5.41, 5.74) is 1.48. The Balaban J connectivity index is 1.83. The van der Waals surface area contributed by atoms with E-state index in [0.717, 1.165) is 0 Å². The molecule has 0 saturated carbocycles. The third-order valence-corrected chi connectivity index (χ3v) is 3.61. The fourth-order valence-electron chi connectivity index (χ4n) is 2.44. The maximum absolute atomic E-state index is 12.3. The monoisotopic (exact) mass is 321 g/mol. The van der Waals surface area contributed by atoms with Gasteiger partial charge in [0.25, 0.3) is 0 Å². The molecule has 0 atom stereocenters. The molecule has 0 radical (unpaired) electrons. The van der Waals surface area contributed by atoms with Gasteiger partial charge in [0.2, 0.25) is 11.3 Å². The Morgan fingerprint density at radius 2 is 1.92 bits per heavy atom. The number of carbonyl (C=O) groups excluding carboxylic acids is 2. The normalized spacial score (nSPS) is 10.5. The number of hydrogen-bond acceptors (Lipinski definition) is 4. The van der Waals surface area contributed by atoms with Gasteiger partial charge in [-0.2, -0.15) is 5.10 Å². The predicted molar refractivity (Wildman–Crippen MR) is 91.1 cm³/mol. The van der Waals surface area contributed by atoms with Crippen LogP contribution < -0.4 is 10.7 Å². The summed E-state index contributed by atoms with van der Waals surface area (Å²) in [4.78, 5) is 35.5. The highest BCUT2D eigenvalue weighted by molar-refractivity contribution is 5.97. The number of amides is 1. The molecule has 0 aliphatic rings. The Morgan fingerprint density at radius 1 is 1.12 bits per heavy atom. The van der Waals surface area contributed by atoms with E-state index in [-0.39, 0.29) is 23.7 Å². The summed E-state index contributed by atoms with van der Waals surface area (Å²) in [7, 11) is 0. The number of rotatable bonds is 4. The minimum atomic E-state index is -0.294. The van der Waals surface area contributed by atoms with Gasteiger partial charge in [-0.3, -0.25) is 19.1 Å². The minimum absolute atomic E-state index is 0.0366. The largest absolute Gasteiger partial charge is 0.324 e. The molecule has 24 heavy (non-hydrogen) atoms. The molecule has 2 aromatic carbocycles. The van der Waals surface area contributed by atoms with Crippen molar-refractivity contribution < 1.29 is 9.59 Å². The van der Waals surface area contributed by atoms with Crippen LogP contribution in [-0.4, -0.2) is 21.5 Å². The molecule has 1 amide bonds. The van der Waals surface area contributed by atoms with Crippen molar-refractivity contribution in [3.63, 3.8) is 0 Å². The van der Waals surface area contributed by atoms with Crippen molar-refractivity contribution in [3.05, 3.63) is 70.5 Å². The zero-order chi connectivity index (χ0) is 17.1. The first-order chi connectivity index (χ1) is 11.5. The molecule has 1 aromatic heterocycles. The van der Waals surface area contributed by atoms with Crippen LogP contribution in [0.5, 0.6) is 0 Å². The molecule has 0 fully saturated rings. The third-order valence-electron chi connectivity index (χ3n) is 3.61. The topological polar surface area (TPSA) is 81.1 Å². The molecular formula is C18H15N3O3. The lowest BCUT2D eigenvalue weighted by molar-refractivity contribution is -0.116. The highest BCUT2D eigenvalue weighted by Gasteiger charge is 2.09. The van der Waals surface area contributed by atoms with Gasteiger partial charge < -0.3 is 5.32 Å². The van der Waals surface area contributed by atoms with Gasteiger partial charge in [-0.1, -0.05) is 24.3 Å². The fourth-order valence-corrected chi connectivity index (χ4v) is 2.44. The van der Waals surface area contributed by atoms with Crippen LogP contribution in [0.25, 0.3) is 10.9 Å². The first-order valence-corrected chi connectivity index (χ1v) is 7.40. The molecule has 6 nitrogen and oxygen atoms in total. The zero-order valence-electron chi connectivity index (χ0n) is 13.0. The van der Waals surface area contributed by atoms with Crippen molar-refractivity contribution in [1.29, 1.82) is 0 Å². The summed E-state index contributed by atoms with van der Waals surface area (Å²) in [5.74, 6) is -0.365. The van der Waals surface area contributed by atoms with Crippen LogP contribution in [0, 0.1) is 0 Å². The van der Waals surface area contributed by atoms with Crippen molar-refractivity contribution in [2.75, 3.05) is 5.32 Å². The zero-order valence-corrected chi connectivity index (χ0v) is 13.0. The van der Waals surface area contributed by atoms with E-state index >= 15 is 0 Å². The standard InChI is InChI=1S/C18H15N3O3/c1-12(22)13-5-4-6-14(9-13)20-18(24)11-21-16-8-3-2-7-15(16)17(23)10-19-21/h2-10H,11H2,1H3,(H,20,24). The fraction of sp³-hybridized carbons (Fsp3) is 0.111. The van der Waals surface area contributed by atoms with E-state index in [9.17, 15) is 14.4 Å². The number of nitrogens with one attached hydrogen (secondary N) is 1. The van der Waals surface area contributed by atoms with Crippen LogP contribution >= 0.6 is 0 Å². The molecule has 0 aliphatic carbocycles. The Labute approximate surface area is 137 Å². The number of aromatic nitrogens is 2. The summed E-state index contributed by atoms with van der Waals surface area (Å²) in [6.07, 6.45) is 1.20. The van der Waals surface area contributed by atoms with Crippen molar-refractivity contribution in [2.24, 2.45) is 0 Å². The number of carbonyl (C=O) groups is 2. The number of benzene rings is 2. The number of hydrogen-bond donors (Lipinski definition) is 1. The highest BCUT2D eigenvalue weighted by Crippen LogP contribution is 2.12. The summed E-state index contributed by atoms with van der Waals surface area (Å²) < 4.78 is 1.47. The molecule has 1 heterocycles. The molecule has 120 valence electrons. The lowest BCUT2D eigenvalue weighted by atomic mass is 10.1. The van der Waals surface area contributed by atoms with Crippen LogP contribution in [0.2, 0.25) is 0 Å². The minimum Gasteiger partial charge on any atom is -0.324 e. The van der Waals surface area contributed by atoms with E-state index in [1.807, 2.05) is 0 Å². The Kier molecular flexibility index (Phi) is 4.20. The van der Waals surface area contributed by atoms with Gasteiger partial charge >= 0.3 is 0 Å². The van der Waals surface area contributed by atoms with Crippen LogP contribution in [0.15, 0.2) is 59.5 Å². The molecule has 0 unspecified atom stereocenters. The van der Waals surface area contributed by atoms with E-state index in [2.05, 4.69) is 10.4 Å². The van der Waals surface area contributed by atoms with Crippen LogP contribution in [-0.2, 0) is 11.3 Å². The Bertz CT molecular complexity index is 992. The first-order valence-electron chi connectivity index (χ1n) is 7.40. The summed E-state index contributed by atoms with van der Waals surface area (Å²) in [6.45, 7) is 1.43. The van der Waals surface area contributed by atoms with E-state index in [0.29, 0.717) is 22.2 Å². The average molecular weight is 321 g/mol. The third kappa shape index (κ3) is 3.22. The second-order valence-corrected chi connectivity index (χ2v) is 5.37. The summed E-state index contributed by atoms with van der Waals surface area (Å²) in [6, 6.07) is 13.7.